The van der Waals surface area contributed by atoms with Crippen LogP contribution in [0.25, 0.3) is 112 Å². The highest BCUT2D eigenvalue weighted by Crippen LogP contribution is 2.35. The molecule has 0 amide bonds. The lowest BCUT2D eigenvalue weighted by Crippen LogP contribution is -2.00. The van der Waals surface area contributed by atoms with Crippen LogP contribution < -0.4 is 0 Å². The molecule has 0 aliphatic heterocycles. The van der Waals surface area contributed by atoms with E-state index in [-0.39, 0.29) is 0 Å². The molecule has 11 rings (SSSR count). The second-order valence-corrected chi connectivity index (χ2v) is 15.4. The molecule has 4 heterocycles. The summed E-state index contributed by atoms with van der Waals surface area (Å²) in [5.74, 6) is 1.83. The van der Waals surface area contributed by atoms with E-state index in [1.165, 1.54) is 5.56 Å². The Morgan fingerprint density at radius 2 is 0.919 bits per heavy atom. The van der Waals surface area contributed by atoms with Crippen LogP contribution in [0.1, 0.15) is 12.5 Å². The summed E-state index contributed by atoms with van der Waals surface area (Å²) in [6.07, 6.45) is 4.74. The van der Waals surface area contributed by atoms with Crippen molar-refractivity contribution in [3.05, 3.63) is 206 Å². The number of pyridine rings is 3. The predicted molar refractivity (Wildman–Crippen MR) is 253 cm³/mol. The number of hydrogen-bond donors (Lipinski definition) is 0. The molecule has 4 aromatic heterocycles. The zero-order valence-corrected chi connectivity index (χ0v) is 33.9. The first kappa shape index (κ1) is 36.8. The van der Waals surface area contributed by atoms with Crippen molar-refractivity contribution in [3.63, 3.8) is 0 Å². The van der Waals surface area contributed by atoms with E-state index in [1.807, 2.05) is 54.9 Å². The van der Waals surface area contributed by atoms with Gasteiger partial charge in [0.1, 0.15) is 0 Å². The van der Waals surface area contributed by atoms with Crippen molar-refractivity contribution in [2.45, 2.75) is 13.3 Å². The molecular weight excluding hydrogens is 757 g/mol. The van der Waals surface area contributed by atoms with Gasteiger partial charge in [0.15, 0.2) is 17.5 Å². The van der Waals surface area contributed by atoms with Crippen molar-refractivity contribution in [3.8, 4) is 78.9 Å². The molecule has 0 N–H and O–H groups in total. The molecule has 0 fully saturated rings. The molecule has 6 nitrogen and oxygen atoms in total. The Kier molecular flexibility index (Phi) is 9.36. The summed E-state index contributed by atoms with van der Waals surface area (Å²) < 4.78 is 0. The Labute approximate surface area is 359 Å². The molecule has 0 aliphatic rings. The highest BCUT2D eigenvalue weighted by atomic mass is 15.0. The zero-order chi connectivity index (χ0) is 41.4. The van der Waals surface area contributed by atoms with Crippen LogP contribution in [-0.4, -0.2) is 29.9 Å². The SMILES string of the molecule is CCc1cc(-c2ccccc2)nc2c1ccc1ccc(-c3cccc(-c4ccc(-c5nc(-c6ccccc6)nc(-c6cccc(-c7cncc8ccccc78)c6)n5)cc4)c3)nc12. The van der Waals surface area contributed by atoms with Gasteiger partial charge in [-0.3, -0.25) is 4.98 Å². The minimum absolute atomic E-state index is 0.605. The Balaban J connectivity index is 0.946. The lowest BCUT2D eigenvalue weighted by Gasteiger charge is -2.12. The highest BCUT2D eigenvalue weighted by Gasteiger charge is 2.16. The van der Waals surface area contributed by atoms with Crippen LogP contribution in [0, 0.1) is 0 Å². The molecule has 6 heteroatoms. The van der Waals surface area contributed by atoms with E-state index in [4.69, 9.17) is 24.9 Å². The Morgan fingerprint density at radius 1 is 0.339 bits per heavy atom. The molecule has 11 aromatic rings. The van der Waals surface area contributed by atoms with E-state index >= 15 is 0 Å². The normalized spacial score (nSPS) is 11.4. The Hall–Kier alpha value is -8.22. The molecule has 62 heavy (non-hydrogen) atoms. The second-order valence-electron chi connectivity index (χ2n) is 15.4. The first-order valence-electron chi connectivity index (χ1n) is 20.9. The maximum absolute atomic E-state index is 5.29. The van der Waals surface area contributed by atoms with Crippen molar-refractivity contribution >= 4 is 32.6 Å². The molecule has 0 bridgehead atoms. The van der Waals surface area contributed by atoms with Crippen molar-refractivity contribution in [1.29, 1.82) is 0 Å². The third-order valence-electron chi connectivity index (χ3n) is 11.6. The number of aryl methyl sites for hydroxylation is 1. The molecule has 0 atom stereocenters. The van der Waals surface area contributed by atoms with Gasteiger partial charge in [-0.15, -0.1) is 0 Å². The van der Waals surface area contributed by atoms with Crippen LogP contribution in [-0.2, 0) is 6.42 Å². The first-order valence-corrected chi connectivity index (χ1v) is 20.9. The fourth-order valence-electron chi connectivity index (χ4n) is 8.34. The van der Waals surface area contributed by atoms with Crippen LogP contribution >= 0.6 is 0 Å². The summed E-state index contributed by atoms with van der Waals surface area (Å²) >= 11 is 0. The monoisotopic (exact) mass is 794 g/mol. The second kappa shape index (κ2) is 15.8. The summed E-state index contributed by atoms with van der Waals surface area (Å²) in [7, 11) is 0. The molecule has 7 aromatic carbocycles. The lowest BCUT2D eigenvalue weighted by atomic mass is 9.98. The summed E-state index contributed by atoms with van der Waals surface area (Å²) in [6, 6.07) is 65.0. The molecule has 0 saturated heterocycles. The first-order chi connectivity index (χ1) is 30.6. The average Bonchev–Trinajstić information content (AvgIpc) is 3.36. The van der Waals surface area contributed by atoms with Gasteiger partial charge in [0.05, 0.1) is 22.4 Å². The number of nitrogens with zero attached hydrogens (tertiary/aromatic N) is 6. The van der Waals surface area contributed by atoms with Gasteiger partial charge in [-0.25, -0.2) is 24.9 Å². The smallest absolute Gasteiger partial charge is 0.164 e. The van der Waals surface area contributed by atoms with Crippen molar-refractivity contribution in [2.75, 3.05) is 0 Å². The predicted octanol–water partition coefficient (Wildman–Crippen LogP) is 13.7. The highest BCUT2D eigenvalue weighted by molar-refractivity contribution is 6.05. The van der Waals surface area contributed by atoms with Crippen LogP contribution in [0.15, 0.2) is 200 Å². The number of fused-ring (bicyclic) bond motifs is 4. The fraction of sp³-hybridized carbons (Fsp3) is 0.0357. The van der Waals surface area contributed by atoms with Gasteiger partial charge in [-0.05, 0) is 58.3 Å². The topological polar surface area (TPSA) is 77.3 Å². The van der Waals surface area contributed by atoms with E-state index in [2.05, 4.69) is 158 Å². The number of benzene rings is 7. The van der Waals surface area contributed by atoms with E-state index in [1.54, 1.807) is 0 Å². The van der Waals surface area contributed by atoms with Gasteiger partial charge in [-0.1, -0.05) is 171 Å². The summed E-state index contributed by atoms with van der Waals surface area (Å²) in [6.45, 7) is 2.20. The number of hydrogen-bond acceptors (Lipinski definition) is 6. The van der Waals surface area contributed by atoms with E-state index in [9.17, 15) is 0 Å². The third kappa shape index (κ3) is 6.93. The Bertz CT molecular complexity index is 3430. The van der Waals surface area contributed by atoms with Gasteiger partial charge in [-0.2, -0.15) is 0 Å². The molecule has 0 radical (unpaired) electrons. The molecule has 0 saturated carbocycles. The maximum atomic E-state index is 5.29. The van der Waals surface area contributed by atoms with Gasteiger partial charge in [0.2, 0.25) is 0 Å². The van der Waals surface area contributed by atoms with Crippen molar-refractivity contribution in [2.24, 2.45) is 0 Å². The summed E-state index contributed by atoms with van der Waals surface area (Å²) in [4.78, 5) is 30.1. The van der Waals surface area contributed by atoms with E-state index in [0.717, 1.165) is 100 Å². The minimum Gasteiger partial charge on any atom is -0.263 e. The number of rotatable bonds is 8. The largest absolute Gasteiger partial charge is 0.263 e. The van der Waals surface area contributed by atoms with Gasteiger partial charge in [0, 0.05) is 61.9 Å². The van der Waals surface area contributed by atoms with Crippen LogP contribution in [0.5, 0.6) is 0 Å². The quantitative estimate of drug-likeness (QED) is 0.143. The molecule has 292 valence electrons. The van der Waals surface area contributed by atoms with E-state index in [0.29, 0.717) is 17.5 Å². The molecular formula is C56H38N6. The van der Waals surface area contributed by atoms with Gasteiger partial charge >= 0.3 is 0 Å². The fourth-order valence-corrected chi connectivity index (χ4v) is 8.34. The van der Waals surface area contributed by atoms with Crippen molar-refractivity contribution < 1.29 is 0 Å². The molecule has 0 aliphatic carbocycles. The summed E-state index contributed by atoms with van der Waals surface area (Å²) in [5.41, 5.74) is 14.1. The van der Waals surface area contributed by atoms with Crippen molar-refractivity contribution in [1.82, 2.24) is 29.9 Å². The minimum atomic E-state index is 0.605. The third-order valence-corrected chi connectivity index (χ3v) is 11.6. The van der Waals surface area contributed by atoms with Crippen LogP contribution in [0.3, 0.4) is 0 Å². The Morgan fingerprint density at radius 3 is 1.69 bits per heavy atom. The van der Waals surface area contributed by atoms with E-state index < -0.39 is 0 Å². The van der Waals surface area contributed by atoms with Crippen LogP contribution in [0.4, 0.5) is 0 Å². The van der Waals surface area contributed by atoms with Gasteiger partial charge in [0.25, 0.3) is 0 Å². The average molecular weight is 795 g/mol. The van der Waals surface area contributed by atoms with Gasteiger partial charge < -0.3 is 0 Å². The maximum Gasteiger partial charge on any atom is 0.164 e. The standard InChI is InChI=1S/C56H38N6/c1-2-36-33-51(38-13-5-3-6-14-38)59-53-48(36)29-27-39-28-30-50(58-52(39)53)44-20-11-18-42(31-44)37-23-25-41(26-24-37)55-60-54(40-15-7-4-8-16-40)61-56(62-55)45-21-12-19-43(32-45)49-35-57-34-46-17-9-10-22-47(46)49/h3-35H,2H2,1H3. The zero-order valence-electron chi connectivity index (χ0n) is 33.9. The lowest BCUT2D eigenvalue weighted by molar-refractivity contribution is 1.07. The molecule has 0 unspecified atom stereocenters. The number of aromatic nitrogens is 6. The molecule has 0 spiro atoms. The van der Waals surface area contributed by atoms with Crippen LogP contribution in [0.2, 0.25) is 0 Å². The summed E-state index contributed by atoms with van der Waals surface area (Å²) in [5, 5.41) is 4.46.